The Kier molecular flexibility index (Phi) is 8.84. The largest absolute Gasteiger partial charge is 0.208 e. The molecule has 0 radical (unpaired) electrons. The Bertz CT molecular complexity index is 3660. The maximum atomic E-state index is 10.6. The van der Waals surface area contributed by atoms with Crippen LogP contribution in [-0.4, -0.2) is 15.0 Å². The molecule has 12 rings (SSSR count). The van der Waals surface area contributed by atoms with E-state index in [1.54, 1.807) is 0 Å². The smallest absolute Gasteiger partial charge is 0.164 e. The average Bonchev–Trinajstić information content (AvgIpc) is 3.70. The van der Waals surface area contributed by atoms with E-state index in [9.17, 15) is 5.26 Å². The second-order valence-corrected chi connectivity index (χ2v) is 16.2. The SMILES string of the molecule is N#Cc1ccc(-c2ccccc2-c2nc(-c3ccccc3)nc(-c3ccc4ccccc4c3)n2)cc1-c1ccccc1-c1cccc(-c2ccc3c4c(cccc24)-c2ccccc2-3)c1. The first-order valence-corrected chi connectivity index (χ1v) is 21.5. The number of fused-ring (bicyclic) bond motifs is 4. The van der Waals surface area contributed by atoms with Gasteiger partial charge >= 0.3 is 0 Å². The maximum Gasteiger partial charge on any atom is 0.164 e. The average molecular weight is 813 g/mol. The van der Waals surface area contributed by atoms with Gasteiger partial charge in [0.15, 0.2) is 17.5 Å². The second-order valence-electron chi connectivity index (χ2n) is 16.2. The molecule has 0 fully saturated rings. The van der Waals surface area contributed by atoms with Gasteiger partial charge < -0.3 is 0 Å². The van der Waals surface area contributed by atoms with E-state index in [0.717, 1.165) is 66.4 Å². The van der Waals surface area contributed by atoms with Crippen LogP contribution in [0.15, 0.2) is 218 Å². The molecule has 1 aliphatic carbocycles. The summed E-state index contributed by atoms with van der Waals surface area (Å²) in [6.45, 7) is 0. The van der Waals surface area contributed by atoms with Crippen LogP contribution in [-0.2, 0) is 0 Å². The van der Waals surface area contributed by atoms with Crippen molar-refractivity contribution in [2.45, 2.75) is 0 Å². The molecule has 0 amide bonds. The molecule has 0 spiro atoms. The minimum Gasteiger partial charge on any atom is -0.208 e. The third-order valence-electron chi connectivity index (χ3n) is 12.5. The Labute approximate surface area is 371 Å². The van der Waals surface area contributed by atoms with Gasteiger partial charge in [0, 0.05) is 22.3 Å². The molecule has 4 nitrogen and oxygen atoms in total. The van der Waals surface area contributed by atoms with E-state index in [1.165, 1.54) is 38.6 Å². The van der Waals surface area contributed by atoms with Crippen molar-refractivity contribution in [2.24, 2.45) is 0 Å². The van der Waals surface area contributed by atoms with Gasteiger partial charge in [0.2, 0.25) is 0 Å². The summed E-state index contributed by atoms with van der Waals surface area (Å²) in [5.74, 6) is 1.77. The van der Waals surface area contributed by atoms with Crippen LogP contribution in [0.2, 0.25) is 0 Å². The minimum atomic E-state index is 0.572. The zero-order chi connectivity index (χ0) is 42.6. The molecule has 0 saturated heterocycles. The van der Waals surface area contributed by atoms with Gasteiger partial charge in [-0.1, -0.05) is 194 Å². The number of hydrogen-bond acceptors (Lipinski definition) is 4. The number of aromatic nitrogens is 3. The molecular formula is C60H36N4. The molecule has 0 aliphatic heterocycles. The van der Waals surface area contributed by atoms with E-state index in [1.807, 2.05) is 66.7 Å². The molecule has 4 heteroatoms. The molecule has 0 unspecified atom stereocenters. The van der Waals surface area contributed by atoms with Crippen LogP contribution >= 0.6 is 0 Å². The van der Waals surface area contributed by atoms with E-state index in [2.05, 4.69) is 158 Å². The predicted octanol–water partition coefficient (Wildman–Crippen LogP) is 15.4. The summed E-state index contributed by atoms with van der Waals surface area (Å²) in [5.41, 5.74) is 16.7. The fourth-order valence-corrected chi connectivity index (χ4v) is 9.52. The summed E-state index contributed by atoms with van der Waals surface area (Å²) >= 11 is 0. The zero-order valence-electron chi connectivity index (χ0n) is 34.6. The lowest BCUT2D eigenvalue weighted by atomic mass is 9.88. The van der Waals surface area contributed by atoms with Crippen molar-refractivity contribution < 1.29 is 0 Å². The van der Waals surface area contributed by atoms with E-state index in [-0.39, 0.29) is 0 Å². The summed E-state index contributed by atoms with van der Waals surface area (Å²) < 4.78 is 0. The van der Waals surface area contributed by atoms with Gasteiger partial charge in [-0.25, -0.2) is 15.0 Å². The van der Waals surface area contributed by atoms with E-state index >= 15 is 0 Å². The van der Waals surface area contributed by atoms with Crippen molar-refractivity contribution in [1.82, 2.24) is 15.0 Å². The first-order chi connectivity index (χ1) is 31.7. The molecule has 0 N–H and O–H groups in total. The fraction of sp³-hybridized carbons (Fsp3) is 0. The minimum absolute atomic E-state index is 0.572. The van der Waals surface area contributed by atoms with Gasteiger partial charge in [0.25, 0.3) is 0 Å². The van der Waals surface area contributed by atoms with Gasteiger partial charge in [-0.3, -0.25) is 0 Å². The van der Waals surface area contributed by atoms with Crippen molar-refractivity contribution in [3.05, 3.63) is 224 Å². The molecule has 1 aliphatic rings. The van der Waals surface area contributed by atoms with Crippen LogP contribution in [0, 0.1) is 11.3 Å². The highest BCUT2D eigenvalue weighted by atomic mass is 15.0. The highest BCUT2D eigenvalue weighted by Gasteiger charge is 2.23. The Morgan fingerprint density at radius 3 is 1.53 bits per heavy atom. The van der Waals surface area contributed by atoms with Crippen molar-refractivity contribution >= 4 is 21.5 Å². The predicted molar refractivity (Wildman–Crippen MR) is 262 cm³/mol. The first-order valence-electron chi connectivity index (χ1n) is 21.5. The number of hydrogen-bond donors (Lipinski definition) is 0. The van der Waals surface area contributed by atoms with Crippen LogP contribution < -0.4 is 0 Å². The standard InChI is InChI=1S/C60H36N4/c61-37-45-31-29-43(47-21-7-11-25-55(47)60-63-58(39-15-2-1-3-16-39)62-59(64-60)44-30-28-38-14-4-5-17-40(38)34-44)36-56(45)49-22-8-6-20-46(49)41-18-12-19-42(35-41)48-32-33-54-51-24-10-9-23-50(51)53-27-13-26-52(48)57(53)54/h1-36H. The second kappa shape index (κ2) is 15.3. The number of rotatable bonds is 7. The lowest BCUT2D eigenvalue weighted by molar-refractivity contribution is 1.07. The summed E-state index contributed by atoms with van der Waals surface area (Å²) in [5, 5.41) is 15.4. The van der Waals surface area contributed by atoms with Gasteiger partial charge in [-0.05, 0) is 107 Å². The van der Waals surface area contributed by atoms with Crippen LogP contribution in [0.1, 0.15) is 5.56 Å². The molecular weight excluding hydrogens is 777 g/mol. The molecule has 64 heavy (non-hydrogen) atoms. The van der Waals surface area contributed by atoms with E-state index in [0.29, 0.717) is 23.0 Å². The van der Waals surface area contributed by atoms with Crippen molar-refractivity contribution in [3.8, 4) is 107 Å². The molecule has 10 aromatic carbocycles. The Morgan fingerprint density at radius 2 is 0.781 bits per heavy atom. The highest BCUT2D eigenvalue weighted by Crippen LogP contribution is 2.49. The van der Waals surface area contributed by atoms with Gasteiger partial charge in [0.05, 0.1) is 11.6 Å². The molecule has 1 heterocycles. The van der Waals surface area contributed by atoms with Crippen molar-refractivity contribution in [2.75, 3.05) is 0 Å². The lowest BCUT2D eigenvalue weighted by Crippen LogP contribution is -2.01. The molecule has 1 aromatic heterocycles. The summed E-state index contributed by atoms with van der Waals surface area (Å²) in [7, 11) is 0. The van der Waals surface area contributed by atoms with Crippen LogP contribution in [0.4, 0.5) is 0 Å². The number of nitriles is 1. The topological polar surface area (TPSA) is 62.5 Å². The lowest BCUT2D eigenvalue weighted by Gasteiger charge is -2.16. The molecule has 0 atom stereocenters. The van der Waals surface area contributed by atoms with Crippen LogP contribution in [0.25, 0.3) is 122 Å². The normalized spacial score (nSPS) is 11.4. The van der Waals surface area contributed by atoms with Crippen LogP contribution in [0.3, 0.4) is 0 Å². The van der Waals surface area contributed by atoms with Gasteiger partial charge in [-0.15, -0.1) is 0 Å². The van der Waals surface area contributed by atoms with Gasteiger partial charge in [-0.2, -0.15) is 5.26 Å². The fourth-order valence-electron chi connectivity index (χ4n) is 9.52. The first kappa shape index (κ1) is 37.0. The number of nitrogens with zero attached hydrogens (tertiary/aromatic N) is 4. The maximum absolute atomic E-state index is 10.6. The Balaban J connectivity index is 0.969. The Morgan fingerprint density at radius 1 is 0.281 bits per heavy atom. The third-order valence-corrected chi connectivity index (χ3v) is 12.5. The highest BCUT2D eigenvalue weighted by molar-refractivity contribution is 6.18. The van der Waals surface area contributed by atoms with Crippen molar-refractivity contribution in [1.29, 1.82) is 5.26 Å². The number of benzene rings is 10. The van der Waals surface area contributed by atoms with E-state index in [4.69, 9.17) is 15.0 Å². The summed E-state index contributed by atoms with van der Waals surface area (Å²) in [6, 6.07) is 78.7. The van der Waals surface area contributed by atoms with E-state index < -0.39 is 0 Å². The quantitative estimate of drug-likeness (QED) is 0.161. The molecule has 296 valence electrons. The van der Waals surface area contributed by atoms with Crippen molar-refractivity contribution in [3.63, 3.8) is 0 Å². The summed E-state index contributed by atoms with van der Waals surface area (Å²) in [4.78, 5) is 15.3. The Hall–Kier alpha value is -8.78. The molecule has 0 saturated carbocycles. The molecule has 11 aromatic rings. The van der Waals surface area contributed by atoms with Gasteiger partial charge in [0.1, 0.15) is 0 Å². The summed E-state index contributed by atoms with van der Waals surface area (Å²) in [6.07, 6.45) is 0. The molecule has 0 bridgehead atoms. The van der Waals surface area contributed by atoms with Crippen LogP contribution in [0.5, 0.6) is 0 Å². The monoisotopic (exact) mass is 812 g/mol. The zero-order valence-corrected chi connectivity index (χ0v) is 34.6. The third kappa shape index (κ3) is 6.26.